The summed E-state index contributed by atoms with van der Waals surface area (Å²) in [4.78, 5) is 0.379. The Morgan fingerprint density at radius 1 is 1.19 bits per heavy atom. The number of aryl methyl sites for hydroxylation is 2. The number of rotatable bonds is 8. The molecule has 1 aromatic rings. The fourth-order valence-electron chi connectivity index (χ4n) is 2.49. The van der Waals surface area contributed by atoms with Crippen molar-refractivity contribution in [3.8, 4) is 0 Å². The summed E-state index contributed by atoms with van der Waals surface area (Å²) in [6, 6.07) is 3.73. The highest BCUT2D eigenvalue weighted by molar-refractivity contribution is 7.89. The van der Waals surface area contributed by atoms with Gasteiger partial charge in [0.15, 0.2) is 0 Å². The monoisotopic (exact) mass is 314 g/mol. The smallest absolute Gasteiger partial charge is 0.243 e. The summed E-state index contributed by atoms with van der Waals surface area (Å²) in [5.74, 6) is 0. The molecule has 0 radical (unpaired) electrons. The molecular weight excluding hydrogens is 288 g/mol. The summed E-state index contributed by atoms with van der Waals surface area (Å²) >= 11 is 0. The lowest BCUT2D eigenvalue weighted by molar-refractivity contribution is 0.271. The van der Waals surface area contributed by atoms with Gasteiger partial charge in [-0.25, -0.2) is 8.42 Å². The van der Waals surface area contributed by atoms with E-state index in [0.29, 0.717) is 24.4 Å². The number of aliphatic hydroxyl groups excluding tert-OH is 1. The van der Waals surface area contributed by atoms with Crippen LogP contribution in [0.25, 0.3) is 0 Å². The number of anilines is 1. The minimum absolute atomic E-state index is 0.0106. The molecule has 1 aromatic carbocycles. The summed E-state index contributed by atoms with van der Waals surface area (Å²) in [6.07, 6.45) is 0.445. The van der Waals surface area contributed by atoms with E-state index >= 15 is 0 Å². The van der Waals surface area contributed by atoms with Crippen molar-refractivity contribution in [3.05, 3.63) is 23.3 Å². The van der Waals surface area contributed by atoms with Gasteiger partial charge >= 0.3 is 0 Å². The molecule has 0 saturated heterocycles. The van der Waals surface area contributed by atoms with Crippen molar-refractivity contribution in [1.82, 2.24) is 4.31 Å². The zero-order valence-electron chi connectivity index (χ0n) is 13.3. The lowest BCUT2D eigenvalue weighted by Crippen LogP contribution is -2.33. The molecule has 0 atom stereocenters. The number of sulfonamides is 1. The average Bonchev–Trinajstić information content (AvgIpc) is 2.38. The van der Waals surface area contributed by atoms with E-state index in [-0.39, 0.29) is 6.61 Å². The van der Waals surface area contributed by atoms with Crippen LogP contribution >= 0.6 is 0 Å². The highest BCUT2D eigenvalue weighted by Crippen LogP contribution is 2.27. The third-order valence-corrected chi connectivity index (χ3v) is 5.64. The predicted octanol–water partition coefficient (Wildman–Crippen LogP) is 2.13. The Hall–Kier alpha value is -1.11. The fraction of sp³-hybridized carbons (Fsp3) is 0.600. The first kappa shape index (κ1) is 17.9. The maximum Gasteiger partial charge on any atom is 0.243 e. The normalized spacial score (nSPS) is 11.9. The summed E-state index contributed by atoms with van der Waals surface area (Å²) in [5.41, 5.74) is 2.42. The second-order valence-electron chi connectivity index (χ2n) is 5.04. The quantitative estimate of drug-likeness (QED) is 0.771. The van der Waals surface area contributed by atoms with Gasteiger partial charge in [-0.15, -0.1) is 0 Å². The molecule has 0 heterocycles. The Morgan fingerprint density at radius 3 is 2.19 bits per heavy atom. The molecule has 5 nitrogen and oxygen atoms in total. The molecule has 0 fully saturated rings. The summed E-state index contributed by atoms with van der Waals surface area (Å²) in [7, 11) is -3.52. The van der Waals surface area contributed by atoms with Gasteiger partial charge in [0.25, 0.3) is 0 Å². The van der Waals surface area contributed by atoms with Crippen molar-refractivity contribution in [3.63, 3.8) is 0 Å². The third-order valence-electron chi connectivity index (χ3n) is 3.36. The van der Waals surface area contributed by atoms with Crippen LogP contribution in [0, 0.1) is 13.8 Å². The van der Waals surface area contributed by atoms with Crippen LogP contribution in [0.1, 0.15) is 31.4 Å². The van der Waals surface area contributed by atoms with E-state index in [0.717, 1.165) is 23.4 Å². The molecule has 0 aliphatic carbocycles. The lowest BCUT2D eigenvalue weighted by Gasteiger charge is -2.23. The standard InChI is InChI=1S/C15H26N2O3S/c1-5-16-14-10-12(3)15(13(4)11-14)21(19,20)17(6-2)8-7-9-18/h10-11,16,18H,5-9H2,1-4H3. The van der Waals surface area contributed by atoms with Crippen molar-refractivity contribution in [2.45, 2.75) is 39.0 Å². The van der Waals surface area contributed by atoms with Crippen LogP contribution in [0.3, 0.4) is 0 Å². The summed E-state index contributed by atoms with van der Waals surface area (Å²) in [6.45, 7) is 8.97. The molecule has 0 bridgehead atoms. The van der Waals surface area contributed by atoms with Crippen molar-refractivity contribution >= 4 is 15.7 Å². The maximum atomic E-state index is 12.8. The van der Waals surface area contributed by atoms with Gasteiger partial charge in [-0.2, -0.15) is 4.31 Å². The SMILES string of the molecule is CCNc1cc(C)c(S(=O)(=O)N(CC)CCCO)c(C)c1. The maximum absolute atomic E-state index is 12.8. The highest BCUT2D eigenvalue weighted by atomic mass is 32.2. The van der Waals surface area contributed by atoms with Gasteiger partial charge in [0.1, 0.15) is 0 Å². The summed E-state index contributed by atoms with van der Waals surface area (Å²) in [5, 5.41) is 12.1. The molecule has 120 valence electrons. The number of hydrogen-bond acceptors (Lipinski definition) is 4. The Morgan fingerprint density at radius 2 is 1.76 bits per heavy atom. The van der Waals surface area contributed by atoms with E-state index in [1.54, 1.807) is 0 Å². The molecular formula is C15H26N2O3S. The van der Waals surface area contributed by atoms with E-state index in [1.807, 2.05) is 39.8 Å². The topological polar surface area (TPSA) is 69.6 Å². The molecule has 21 heavy (non-hydrogen) atoms. The van der Waals surface area contributed by atoms with Crippen LogP contribution in [0.2, 0.25) is 0 Å². The number of nitrogens with one attached hydrogen (secondary N) is 1. The first-order valence-corrected chi connectivity index (χ1v) is 8.78. The molecule has 1 rings (SSSR count). The van der Waals surface area contributed by atoms with Crippen LogP contribution < -0.4 is 5.32 Å². The Balaban J connectivity index is 3.24. The highest BCUT2D eigenvalue weighted by Gasteiger charge is 2.26. The second kappa shape index (κ2) is 7.77. The van der Waals surface area contributed by atoms with Crippen molar-refractivity contribution < 1.29 is 13.5 Å². The minimum atomic E-state index is -3.52. The molecule has 0 saturated carbocycles. The molecule has 0 amide bonds. The number of hydrogen-bond donors (Lipinski definition) is 2. The van der Waals surface area contributed by atoms with E-state index in [1.165, 1.54) is 4.31 Å². The first-order valence-electron chi connectivity index (χ1n) is 7.34. The predicted molar refractivity (Wildman–Crippen MR) is 86.2 cm³/mol. The average molecular weight is 314 g/mol. The zero-order chi connectivity index (χ0) is 16.0. The molecule has 0 unspecified atom stereocenters. The number of nitrogens with zero attached hydrogens (tertiary/aromatic N) is 1. The van der Waals surface area contributed by atoms with Crippen molar-refractivity contribution in [2.75, 3.05) is 31.6 Å². The van der Waals surface area contributed by atoms with Crippen LogP contribution in [0.15, 0.2) is 17.0 Å². The van der Waals surface area contributed by atoms with E-state index < -0.39 is 10.0 Å². The third kappa shape index (κ3) is 4.18. The zero-order valence-corrected chi connectivity index (χ0v) is 14.1. The second-order valence-corrected chi connectivity index (χ2v) is 6.92. The van der Waals surface area contributed by atoms with Crippen LogP contribution in [-0.4, -0.2) is 44.1 Å². The van der Waals surface area contributed by atoms with Gasteiger partial charge in [-0.1, -0.05) is 6.92 Å². The lowest BCUT2D eigenvalue weighted by atomic mass is 10.1. The van der Waals surface area contributed by atoms with Crippen molar-refractivity contribution in [1.29, 1.82) is 0 Å². The molecule has 0 aromatic heterocycles. The van der Waals surface area contributed by atoms with Gasteiger partial charge in [-0.05, 0) is 50.5 Å². The Labute approximate surface area is 128 Å². The van der Waals surface area contributed by atoms with Gasteiger partial charge in [0, 0.05) is 31.9 Å². The van der Waals surface area contributed by atoms with Crippen LogP contribution in [0.5, 0.6) is 0 Å². The molecule has 0 aliphatic rings. The van der Waals surface area contributed by atoms with Gasteiger partial charge < -0.3 is 10.4 Å². The van der Waals surface area contributed by atoms with E-state index in [9.17, 15) is 8.42 Å². The van der Waals surface area contributed by atoms with Crippen LogP contribution in [0.4, 0.5) is 5.69 Å². The van der Waals surface area contributed by atoms with Gasteiger partial charge in [0.05, 0.1) is 4.90 Å². The van der Waals surface area contributed by atoms with Gasteiger partial charge in [-0.3, -0.25) is 0 Å². The largest absolute Gasteiger partial charge is 0.396 e. The number of aliphatic hydroxyl groups is 1. The number of benzene rings is 1. The van der Waals surface area contributed by atoms with Crippen molar-refractivity contribution in [2.24, 2.45) is 0 Å². The Bertz CT molecular complexity index is 547. The summed E-state index contributed by atoms with van der Waals surface area (Å²) < 4.78 is 27.0. The molecule has 0 spiro atoms. The molecule has 6 heteroatoms. The Kier molecular flexibility index (Phi) is 6.64. The minimum Gasteiger partial charge on any atom is -0.396 e. The molecule has 0 aliphatic heterocycles. The van der Waals surface area contributed by atoms with E-state index in [4.69, 9.17) is 5.11 Å². The first-order chi connectivity index (χ1) is 9.88. The van der Waals surface area contributed by atoms with Crippen LogP contribution in [-0.2, 0) is 10.0 Å². The van der Waals surface area contributed by atoms with E-state index in [2.05, 4.69) is 5.32 Å². The van der Waals surface area contributed by atoms with Gasteiger partial charge in [0.2, 0.25) is 10.0 Å². The molecule has 2 N–H and O–H groups in total. The fourth-order valence-corrected chi connectivity index (χ4v) is 4.39.